The van der Waals surface area contributed by atoms with Crippen LogP contribution in [0.3, 0.4) is 0 Å². The van der Waals surface area contributed by atoms with E-state index in [1.165, 1.54) is 77.0 Å². The van der Waals surface area contributed by atoms with Crippen molar-refractivity contribution in [2.24, 2.45) is 0 Å². The van der Waals surface area contributed by atoms with E-state index in [-0.39, 0.29) is 38.3 Å². The lowest BCUT2D eigenvalue weighted by Crippen LogP contribution is -2.37. The summed E-state index contributed by atoms with van der Waals surface area (Å²) in [6.45, 7) is 4.10. The van der Waals surface area contributed by atoms with Crippen LogP contribution < -0.4 is 4.89 Å². The molecule has 0 N–H and O–H groups in total. The van der Waals surface area contributed by atoms with E-state index in [4.69, 9.17) is 23.3 Å². The maximum absolute atomic E-state index is 12.7. The summed E-state index contributed by atoms with van der Waals surface area (Å²) in [5, 5.41) is 0. The third kappa shape index (κ3) is 32.4. The average Bonchev–Trinajstić information content (AvgIpc) is 3.87. The molecule has 0 amide bonds. The first-order chi connectivity index (χ1) is 26.0. The van der Waals surface area contributed by atoms with Gasteiger partial charge >= 0.3 is 11.9 Å². The van der Waals surface area contributed by atoms with E-state index in [0.29, 0.717) is 23.9 Å². The van der Waals surface area contributed by atoms with Crippen LogP contribution in [0, 0.1) is 0 Å². The number of esters is 2. The van der Waals surface area contributed by atoms with Gasteiger partial charge in [0.15, 0.2) is 6.10 Å². The molecule has 1 heterocycles. The molecule has 1 fully saturated rings. The molecule has 0 aromatic carbocycles. The number of phosphoric acid groups is 1. The topological polar surface area (TPSA) is 124 Å². The molecule has 0 aromatic heterocycles. The molecule has 4 atom stereocenters. The van der Waals surface area contributed by atoms with E-state index in [2.05, 4.69) is 44.2 Å². The van der Waals surface area contributed by atoms with Gasteiger partial charge in [-0.15, -0.1) is 0 Å². The van der Waals surface area contributed by atoms with Gasteiger partial charge in [0.2, 0.25) is 0 Å². The third-order valence-corrected chi connectivity index (χ3v) is 10.3. The number of ether oxygens (including phenoxy) is 3. The van der Waals surface area contributed by atoms with Crippen molar-refractivity contribution in [1.29, 1.82) is 0 Å². The first-order valence-electron chi connectivity index (χ1n) is 21.3. The smallest absolute Gasteiger partial charge is 0.306 e. The van der Waals surface area contributed by atoms with Gasteiger partial charge in [-0.05, 0) is 51.4 Å². The number of hydrogen-bond donors (Lipinski definition) is 0. The van der Waals surface area contributed by atoms with Crippen LogP contribution in [-0.4, -0.2) is 82.2 Å². The number of epoxide rings is 1. The minimum absolute atomic E-state index is 0.0437. The van der Waals surface area contributed by atoms with Crippen molar-refractivity contribution in [3.8, 4) is 0 Å². The van der Waals surface area contributed by atoms with E-state index < -0.39 is 32.5 Å². The zero-order valence-electron chi connectivity index (χ0n) is 34.9. The fourth-order valence-corrected chi connectivity index (χ4v) is 6.53. The maximum atomic E-state index is 12.7. The summed E-state index contributed by atoms with van der Waals surface area (Å²) in [5.74, 6) is -0.908. The van der Waals surface area contributed by atoms with Crippen LogP contribution in [0.25, 0.3) is 0 Å². The van der Waals surface area contributed by atoms with Gasteiger partial charge in [0, 0.05) is 12.8 Å². The number of unbranched alkanes of at least 4 members (excludes halogenated alkanes) is 15. The largest absolute Gasteiger partial charge is 0.756 e. The van der Waals surface area contributed by atoms with E-state index in [0.717, 1.165) is 44.9 Å². The van der Waals surface area contributed by atoms with Crippen LogP contribution in [0.1, 0.15) is 162 Å². The lowest BCUT2D eigenvalue weighted by molar-refractivity contribution is -0.870. The number of allylic oxidation sites excluding steroid dienone is 4. The van der Waals surface area contributed by atoms with Crippen LogP contribution >= 0.6 is 7.82 Å². The van der Waals surface area contributed by atoms with Crippen LogP contribution in [0.4, 0.5) is 0 Å². The maximum Gasteiger partial charge on any atom is 0.306 e. The Labute approximate surface area is 329 Å². The minimum Gasteiger partial charge on any atom is -0.756 e. The van der Waals surface area contributed by atoms with Crippen molar-refractivity contribution in [2.75, 3.05) is 47.5 Å². The number of carbonyl (C=O) groups excluding carboxylic acids is 2. The van der Waals surface area contributed by atoms with Gasteiger partial charge in [-0.3, -0.25) is 14.2 Å². The molecule has 0 spiro atoms. The highest BCUT2D eigenvalue weighted by Crippen LogP contribution is 2.38. The monoisotopic (exact) mass is 784 g/mol. The standard InChI is InChI=1S/C43H78NO9P/c1-6-8-10-12-14-16-17-18-20-22-24-29-33-42(45)49-37-39(38-51-54(47,48)50-36-35-44(3,4)5)52-43(46)34-30-26-25-28-32-41-40(53-41)31-27-23-21-19-15-13-11-9-7-2/h15,19,23,25,27-28,39-41H,6-14,16-18,20-22,24,26,29-38H2,1-5H3/b19-15-,27-23-,28-25-/t39-,40?,41?/m1/s1. The van der Waals surface area contributed by atoms with Gasteiger partial charge in [0.1, 0.15) is 19.8 Å². The molecule has 1 rings (SSSR count). The van der Waals surface area contributed by atoms with Gasteiger partial charge in [-0.1, -0.05) is 134 Å². The van der Waals surface area contributed by atoms with Crippen LogP contribution in [0.5, 0.6) is 0 Å². The summed E-state index contributed by atoms with van der Waals surface area (Å²) in [4.78, 5) is 37.5. The normalized spacial score (nSPS) is 17.7. The molecule has 11 heteroatoms. The number of nitrogens with zero attached hydrogens (tertiary/aromatic N) is 1. The molecular weight excluding hydrogens is 705 g/mol. The van der Waals surface area contributed by atoms with E-state index >= 15 is 0 Å². The fourth-order valence-electron chi connectivity index (χ4n) is 5.81. The average molecular weight is 784 g/mol. The Morgan fingerprint density at radius 3 is 1.81 bits per heavy atom. The Hall–Kier alpha value is -1.81. The molecule has 1 aliphatic rings. The third-order valence-electron chi connectivity index (χ3n) is 9.32. The molecule has 54 heavy (non-hydrogen) atoms. The summed E-state index contributed by atoms with van der Waals surface area (Å²) >= 11 is 0. The second kappa shape index (κ2) is 32.3. The minimum atomic E-state index is -4.64. The molecule has 1 aliphatic heterocycles. The highest BCUT2D eigenvalue weighted by molar-refractivity contribution is 7.45. The van der Waals surface area contributed by atoms with Gasteiger partial charge in [-0.25, -0.2) is 0 Å². The Bertz CT molecular complexity index is 1090. The van der Waals surface area contributed by atoms with E-state index in [1.807, 2.05) is 27.2 Å². The number of quaternary nitrogens is 1. The Balaban J connectivity index is 2.35. The molecular formula is C43H78NO9P. The zero-order chi connectivity index (χ0) is 39.8. The van der Waals surface area contributed by atoms with Crippen LogP contribution in [0.2, 0.25) is 0 Å². The molecule has 314 valence electrons. The van der Waals surface area contributed by atoms with Crippen molar-refractivity contribution in [3.63, 3.8) is 0 Å². The lowest BCUT2D eigenvalue weighted by Gasteiger charge is -2.28. The fraction of sp³-hybridized carbons (Fsp3) is 0.814. The Morgan fingerprint density at radius 1 is 0.667 bits per heavy atom. The highest BCUT2D eigenvalue weighted by Gasteiger charge is 2.36. The Morgan fingerprint density at radius 2 is 1.19 bits per heavy atom. The van der Waals surface area contributed by atoms with Crippen molar-refractivity contribution in [1.82, 2.24) is 0 Å². The first kappa shape index (κ1) is 50.2. The number of likely N-dealkylation sites (N-methyl/N-ethyl adjacent to an activating group) is 1. The molecule has 0 saturated carbocycles. The number of phosphoric ester groups is 1. The second-order valence-electron chi connectivity index (χ2n) is 15.7. The Kier molecular flexibility index (Phi) is 30.0. The predicted octanol–water partition coefficient (Wildman–Crippen LogP) is 10.1. The molecule has 0 bridgehead atoms. The second-order valence-corrected chi connectivity index (χ2v) is 17.2. The van der Waals surface area contributed by atoms with Gasteiger partial charge in [0.05, 0.1) is 40.0 Å². The predicted molar refractivity (Wildman–Crippen MR) is 217 cm³/mol. The summed E-state index contributed by atoms with van der Waals surface area (Å²) in [6, 6.07) is 0. The van der Waals surface area contributed by atoms with Crippen LogP contribution in [0.15, 0.2) is 36.5 Å². The van der Waals surface area contributed by atoms with Gasteiger partial charge in [-0.2, -0.15) is 0 Å². The van der Waals surface area contributed by atoms with Crippen LogP contribution in [-0.2, 0) is 37.4 Å². The number of hydrogen-bond acceptors (Lipinski definition) is 9. The summed E-state index contributed by atoms with van der Waals surface area (Å²) < 4.78 is 39.6. The number of carbonyl (C=O) groups is 2. The zero-order valence-corrected chi connectivity index (χ0v) is 35.8. The summed E-state index contributed by atoms with van der Waals surface area (Å²) in [7, 11) is 1.12. The molecule has 1 saturated heterocycles. The van der Waals surface area contributed by atoms with E-state index in [1.54, 1.807) is 0 Å². The van der Waals surface area contributed by atoms with Gasteiger partial charge in [0.25, 0.3) is 7.82 Å². The first-order valence-corrected chi connectivity index (χ1v) is 22.8. The van der Waals surface area contributed by atoms with Crippen molar-refractivity contribution in [3.05, 3.63) is 36.5 Å². The van der Waals surface area contributed by atoms with Crippen molar-refractivity contribution < 1.29 is 46.8 Å². The molecule has 0 aromatic rings. The van der Waals surface area contributed by atoms with Crippen molar-refractivity contribution >= 4 is 19.8 Å². The molecule has 0 aliphatic carbocycles. The SMILES string of the molecule is CCCCC/C=C\C/C=C\CC1OC1C/C=C\CCCC(=O)O[C@H](COC(=O)CCCCCCCCCCCCCC)COP(=O)([O-])OCC[N+](C)(C)C. The van der Waals surface area contributed by atoms with Gasteiger partial charge < -0.3 is 32.6 Å². The quantitative estimate of drug-likeness (QED) is 0.0151. The highest BCUT2D eigenvalue weighted by atomic mass is 31.2. The molecule has 3 unspecified atom stereocenters. The van der Waals surface area contributed by atoms with E-state index in [9.17, 15) is 19.0 Å². The summed E-state index contributed by atoms with van der Waals surface area (Å²) in [6.07, 6.45) is 36.3. The molecule has 0 radical (unpaired) electrons. The van der Waals surface area contributed by atoms with Crippen molar-refractivity contribution in [2.45, 2.75) is 180 Å². The molecule has 10 nitrogen and oxygen atoms in total. The number of rotatable bonds is 37. The lowest BCUT2D eigenvalue weighted by atomic mass is 10.0. The summed E-state index contributed by atoms with van der Waals surface area (Å²) in [5.41, 5.74) is 0.